The molecule has 0 aliphatic carbocycles. The summed E-state index contributed by atoms with van der Waals surface area (Å²) in [6.07, 6.45) is 4.04. The maximum atomic E-state index is 13.2. The number of nitro groups is 1. The molecule has 0 radical (unpaired) electrons. The molecular weight excluding hydrogens is 432 g/mol. The molecule has 3 rings (SSSR count). The standard InChI is InChI=1S/C17H20N6O7S/c24-15-12(16(25)20-17(26)19-15)10-18-21-13-6-5-11(23(27)28)9-14(13)31(29,30)22-7-3-1-2-4-8-22/h5-6,9-10,21H,1-4,7-8H2,(H3,19,20,24,25,26). The molecule has 0 atom stereocenters. The minimum atomic E-state index is -4.06. The highest BCUT2D eigenvalue weighted by atomic mass is 32.2. The average Bonchev–Trinajstić information content (AvgIpc) is 3.00. The van der Waals surface area contributed by atoms with E-state index in [1.807, 2.05) is 9.97 Å². The molecule has 0 amide bonds. The van der Waals surface area contributed by atoms with Crippen molar-refractivity contribution >= 4 is 27.6 Å². The molecule has 1 aliphatic rings. The fourth-order valence-electron chi connectivity index (χ4n) is 3.12. The molecule has 1 fully saturated rings. The number of hydrazone groups is 1. The molecule has 0 unspecified atom stereocenters. The minimum Gasteiger partial charge on any atom is -0.494 e. The van der Waals surface area contributed by atoms with Crippen LogP contribution in [0.3, 0.4) is 0 Å². The summed E-state index contributed by atoms with van der Waals surface area (Å²) >= 11 is 0. The van der Waals surface area contributed by atoms with Crippen LogP contribution in [0.4, 0.5) is 11.4 Å². The molecule has 166 valence electrons. The third kappa shape index (κ3) is 4.97. The summed E-state index contributed by atoms with van der Waals surface area (Å²) in [4.78, 5) is 36.9. The Labute approximate surface area is 175 Å². The van der Waals surface area contributed by atoms with Gasteiger partial charge in [-0.1, -0.05) is 12.8 Å². The van der Waals surface area contributed by atoms with Gasteiger partial charge < -0.3 is 5.11 Å². The Hall–Kier alpha value is -3.52. The first-order valence-corrected chi connectivity index (χ1v) is 10.8. The van der Waals surface area contributed by atoms with E-state index in [1.165, 1.54) is 10.4 Å². The first-order chi connectivity index (χ1) is 14.7. The van der Waals surface area contributed by atoms with Gasteiger partial charge >= 0.3 is 5.69 Å². The van der Waals surface area contributed by atoms with Crippen molar-refractivity contribution in [1.29, 1.82) is 0 Å². The first-order valence-electron chi connectivity index (χ1n) is 9.33. The van der Waals surface area contributed by atoms with E-state index in [-0.39, 0.29) is 16.1 Å². The zero-order valence-electron chi connectivity index (χ0n) is 16.2. The molecular formula is C17H20N6O7S. The molecule has 4 N–H and O–H groups in total. The monoisotopic (exact) mass is 452 g/mol. The zero-order chi connectivity index (χ0) is 22.6. The van der Waals surface area contributed by atoms with Crippen LogP contribution in [0.2, 0.25) is 0 Å². The average molecular weight is 452 g/mol. The molecule has 1 saturated heterocycles. The van der Waals surface area contributed by atoms with E-state index in [0.29, 0.717) is 25.9 Å². The molecule has 2 aromatic rings. The lowest BCUT2D eigenvalue weighted by Gasteiger charge is -2.21. The lowest BCUT2D eigenvalue weighted by atomic mass is 10.2. The summed E-state index contributed by atoms with van der Waals surface area (Å²) in [7, 11) is -4.06. The number of anilines is 1. The first kappa shape index (κ1) is 22.2. The highest BCUT2D eigenvalue weighted by molar-refractivity contribution is 7.89. The highest BCUT2D eigenvalue weighted by Gasteiger charge is 2.29. The van der Waals surface area contributed by atoms with E-state index >= 15 is 0 Å². The van der Waals surface area contributed by atoms with Crippen molar-refractivity contribution in [2.24, 2.45) is 5.10 Å². The number of aromatic hydroxyl groups is 1. The molecule has 0 spiro atoms. The predicted octanol–water partition coefficient (Wildman–Crippen LogP) is 0.688. The number of aromatic amines is 2. The lowest BCUT2D eigenvalue weighted by molar-refractivity contribution is -0.385. The number of H-pyrrole nitrogens is 2. The van der Waals surface area contributed by atoms with E-state index in [0.717, 1.165) is 31.2 Å². The van der Waals surface area contributed by atoms with E-state index in [2.05, 4.69) is 10.5 Å². The van der Waals surface area contributed by atoms with Gasteiger partial charge in [-0.2, -0.15) is 9.41 Å². The molecule has 2 heterocycles. The van der Waals surface area contributed by atoms with Crippen molar-refractivity contribution in [3.8, 4) is 5.88 Å². The van der Waals surface area contributed by atoms with Gasteiger partial charge in [-0.25, -0.2) is 13.2 Å². The zero-order valence-corrected chi connectivity index (χ0v) is 17.0. The molecule has 0 saturated carbocycles. The van der Waals surface area contributed by atoms with Gasteiger partial charge in [-0.05, 0) is 18.9 Å². The normalized spacial score (nSPS) is 15.6. The Bertz CT molecular complexity index is 1230. The Morgan fingerprint density at radius 1 is 1.16 bits per heavy atom. The number of nitrogens with one attached hydrogen (secondary N) is 3. The van der Waals surface area contributed by atoms with Crippen molar-refractivity contribution in [2.75, 3.05) is 18.5 Å². The van der Waals surface area contributed by atoms with Gasteiger partial charge in [0.25, 0.3) is 11.2 Å². The summed E-state index contributed by atoms with van der Waals surface area (Å²) in [5, 5.41) is 24.6. The number of nitro benzene ring substituents is 1. The van der Waals surface area contributed by atoms with Crippen molar-refractivity contribution in [3.63, 3.8) is 0 Å². The van der Waals surface area contributed by atoms with Gasteiger partial charge in [0.05, 0.1) is 16.8 Å². The van der Waals surface area contributed by atoms with E-state index in [1.54, 1.807) is 0 Å². The van der Waals surface area contributed by atoms with Crippen molar-refractivity contribution in [2.45, 2.75) is 30.6 Å². The molecule has 1 aromatic carbocycles. The van der Waals surface area contributed by atoms with E-state index in [9.17, 15) is 33.2 Å². The number of hydrogen-bond acceptors (Lipinski definition) is 9. The number of sulfonamides is 1. The molecule has 0 bridgehead atoms. The summed E-state index contributed by atoms with van der Waals surface area (Å²) in [6, 6.07) is 3.25. The van der Waals surface area contributed by atoms with Crippen LogP contribution in [-0.4, -0.2) is 52.0 Å². The minimum absolute atomic E-state index is 0.0496. The number of aromatic nitrogens is 2. The molecule has 13 nitrogen and oxygen atoms in total. The summed E-state index contributed by atoms with van der Waals surface area (Å²) in [6.45, 7) is 0.600. The van der Waals surface area contributed by atoms with Crippen LogP contribution >= 0.6 is 0 Å². The highest BCUT2D eigenvalue weighted by Crippen LogP contribution is 2.30. The second kappa shape index (κ2) is 9.09. The SMILES string of the molecule is O=c1[nH]c(O)c(C=NNc2ccc([N+](=O)[O-])cc2S(=O)(=O)N2CCCCCC2)c(=O)[nH]1. The van der Waals surface area contributed by atoms with Gasteiger partial charge in [0.1, 0.15) is 10.5 Å². The Morgan fingerprint density at radius 2 is 1.84 bits per heavy atom. The fraction of sp³-hybridized carbons (Fsp3) is 0.353. The molecule has 14 heteroatoms. The second-order valence-corrected chi connectivity index (χ2v) is 8.70. The Morgan fingerprint density at radius 3 is 2.45 bits per heavy atom. The van der Waals surface area contributed by atoms with Gasteiger partial charge in [0, 0.05) is 25.2 Å². The van der Waals surface area contributed by atoms with Crippen LogP contribution in [0.5, 0.6) is 5.88 Å². The van der Waals surface area contributed by atoms with Gasteiger partial charge in [-0.3, -0.25) is 30.3 Å². The van der Waals surface area contributed by atoms with Crippen LogP contribution in [0, 0.1) is 10.1 Å². The molecule has 1 aromatic heterocycles. The van der Waals surface area contributed by atoms with Crippen LogP contribution < -0.4 is 16.7 Å². The van der Waals surface area contributed by atoms with Gasteiger partial charge in [-0.15, -0.1) is 0 Å². The number of benzene rings is 1. The Balaban J connectivity index is 1.98. The van der Waals surface area contributed by atoms with Crippen molar-refractivity contribution in [3.05, 3.63) is 54.7 Å². The largest absolute Gasteiger partial charge is 0.494 e. The smallest absolute Gasteiger partial charge is 0.328 e. The summed E-state index contributed by atoms with van der Waals surface area (Å²) < 4.78 is 27.7. The van der Waals surface area contributed by atoms with Crippen LogP contribution in [-0.2, 0) is 10.0 Å². The topological polar surface area (TPSA) is 191 Å². The van der Waals surface area contributed by atoms with Crippen LogP contribution in [0.1, 0.15) is 31.2 Å². The second-order valence-electron chi connectivity index (χ2n) is 6.80. The molecule has 31 heavy (non-hydrogen) atoms. The summed E-state index contributed by atoms with van der Waals surface area (Å²) in [5.41, 5.74) is -0.199. The van der Waals surface area contributed by atoms with Crippen LogP contribution in [0.25, 0.3) is 0 Å². The maximum absolute atomic E-state index is 13.2. The van der Waals surface area contributed by atoms with Crippen molar-refractivity contribution < 1.29 is 18.4 Å². The van der Waals surface area contributed by atoms with E-state index in [4.69, 9.17) is 0 Å². The predicted molar refractivity (Wildman–Crippen MR) is 111 cm³/mol. The molecule has 1 aliphatic heterocycles. The van der Waals surface area contributed by atoms with E-state index < -0.39 is 37.8 Å². The number of nitrogens with zero attached hydrogens (tertiary/aromatic N) is 3. The number of non-ortho nitro benzene ring substituents is 1. The number of rotatable bonds is 6. The fourth-order valence-corrected chi connectivity index (χ4v) is 4.80. The maximum Gasteiger partial charge on any atom is 0.328 e. The summed E-state index contributed by atoms with van der Waals surface area (Å²) in [5.74, 6) is -0.722. The third-order valence-electron chi connectivity index (χ3n) is 4.70. The van der Waals surface area contributed by atoms with Gasteiger partial charge in [0.2, 0.25) is 15.9 Å². The van der Waals surface area contributed by atoms with Gasteiger partial charge in [0.15, 0.2) is 0 Å². The van der Waals surface area contributed by atoms with Crippen molar-refractivity contribution in [1.82, 2.24) is 14.3 Å². The third-order valence-corrected chi connectivity index (χ3v) is 6.63. The quantitative estimate of drug-likeness (QED) is 0.279. The number of hydrogen-bond donors (Lipinski definition) is 4. The lowest BCUT2D eigenvalue weighted by Crippen LogP contribution is -2.32. The Kier molecular flexibility index (Phi) is 6.50. The van der Waals surface area contributed by atoms with Crippen LogP contribution in [0.15, 0.2) is 37.8 Å².